The van der Waals surface area contributed by atoms with E-state index in [4.69, 9.17) is 4.74 Å². The number of carbonyl (C=O) groups is 1. The molecule has 3 aromatic carbocycles. The molecule has 2 N–H and O–H groups in total. The van der Waals surface area contributed by atoms with Gasteiger partial charge in [-0.1, -0.05) is 51.8 Å². The SMILES string of the molecule is Cc1ccc(NC(=O)COc2ccc(Br)cc2CNCCc2ccccc2F)cc1. The number of benzene rings is 3. The fourth-order valence-electron chi connectivity index (χ4n) is 2.95. The summed E-state index contributed by atoms with van der Waals surface area (Å²) in [5, 5.41) is 6.13. The highest BCUT2D eigenvalue weighted by Crippen LogP contribution is 2.23. The van der Waals surface area contributed by atoms with Crippen LogP contribution in [-0.4, -0.2) is 19.1 Å². The van der Waals surface area contributed by atoms with Gasteiger partial charge >= 0.3 is 0 Å². The van der Waals surface area contributed by atoms with Gasteiger partial charge in [0.25, 0.3) is 5.91 Å². The van der Waals surface area contributed by atoms with Crippen LogP contribution in [0.15, 0.2) is 71.2 Å². The maximum absolute atomic E-state index is 13.7. The molecule has 3 aromatic rings. The summed E-state index contributed by atoms with van der Waals surface area (Å²) in [6, 6.07) is 20.0. The number of anilines is 1. The van der Waals surface area contributed by atoms with E-state index in [1.165, 1.54) is 6.07 Å². The predicted molar refractivity (Wildman–Crippen MR) is 121 cm³/mol. The lowest BCUT2D eigenvalue weighted by molar-refractivity contribution is -0.118. The second kappa shape index (κ2) is 10.9. The van der Waals surface area contributed by atoms with Crippen molar-refractivity contribution in [3.8, 4) is 5.75 Å². The van der Waals surface area contributed by atoms with Gasteiger partial charge in [0.1, 0.15) is 11.6 Å². The van der Waals surface area contributed by atoms with Crippen molar-refractivity contribution in [2.45, 2.75) is 19.9 Å². The maximum Gasteiger partial charge on any atom is 0.262 e. The van der Waals surface area contributed by atoms with Crippen LogP contribution in [0.2, 0.25) is 0 Å². The van der Waals surface area contributed by atoms with Gasteiger partial charge in [-0.25, -0.2) is 4.39 Å². The third-order valence-electron chi connectivity index (χ3n) is 4.56. The highest BCUT2D eigenvalue weighted by Gasteiger charge is 2.09. The summed E-state index contributed by atoms with van der Waals surface area (Å²) < 4.78 is 20.4. The van der Waals surface area contributed by atoms with Crippen molar-refractivity contribution >= 4 is 27.5 Å². The average Bonchev–Trinajstić information content (AvgIpc) is 2.73. The number of nitrogens with one attached hydrogen (secondary N) is 2. The van der Waals surface area contributed by atoms with Crippen molar-refractivity contribution in [1.29, 1.82) is 0 Å². The lowest BCUT2D eigenvalue weighted by Gasteiger charge is -2.13. The lowest BCUT2D eigenvalue weighted by atomic mass is 10.1. The largest absolute Gasteiger partial charge is 0.483 e. The quantitative estimate of drug-likeness (QED) is 0.420. The molecule has 0 atom stereocenters. The second-order valence-corrected chi connectivity index (χ2v) is 7.89. The van der Waals surface area contributed by atoms with Crippen LogP contribution in [0, 0.1) is 12.7 Å². The zero-order valence-electron chi connectivity index (χ0n) is 16.8. The van der Waals surface area contributed by atoms with E-state index in [9.17, 15) is 9.18 Å². The third-order valence-corrected chi connectivity index (χ3v) is 5.05. The first-order valence-corrected chi connectivity index (χ1v) is 10.5. The van der Waals surface area contributed by atoms with E-state index in [2.05, 4.69) is 26.6 Å². The molecule has 4 nitrogen and oxygen atoms in total. The molecule has 0 aliphatic rings. The van der Waals surface area contributed by atoms with Crippen LogP contribution in [0.1, 0.15) is 16.7 Å². The molecule has 0 radical (unpaired) electrons. The van der Waals surface area contributed by atoms with Gasteiger partial charge in [-0.2, -0.15) is 0 Å². The summed E-state index contributed by atoms with van der Waals surface area (Å²) in [6.07, 6.45) is 0.593. The van der Waals surface area contributed by atoms with Gasteiger partial charge in [0, 0.05) is 22.3 Å². The van der Waals surface area contributed by atoms with E-state index in [1.54, 1.807) is 12.1 Å². The molecule has 0 heterocycles. The molecule has 0 unspecified atom stereocenters. The van der Waals surface area contributed by atoms with Gasteiger partial charge in [-0.3, -0.25) is 4.79 Å². The topological polar surface area (TPSA) is 50.4 Å². The van der Waals surface area contributed by atoms with Crippen LogP contribution in [0.5, 0.6) is 5.75 Å². The molecular weight excluding hydrogens is 447 g/mol. The van der Waals surface area contributed by atoms with Crippen LogP contribution >= 0.6 is 15.9 Å². The Kier molecular flexibility index (Phi) is 7.99. The smallest absolute Gasteiger partial charge is 0.262 e. The van der Waals surface area contributed by atoms with Crippen LogP contribution in [0.25, 0.3) is 0 Å². The Labute approximate surface area is 184 Å². The summed E-state index contributed by atoms with van der Waals surface area (Å²) in [5.41, 5.74) is 3.47. The number of rotatable bonds is 9. The number of halogens is 2. The van der Waals surface area contributed by atoms with Gasteiger partial charge in [0.15, 0.2) is 6.61 Å². The molecule has 0 fully saturated rings. The molecule has 0 bridgehead atoms. The molecule has 0 saturated carbocycles. The van der Waals surface area contributed by atoms with Gasteiger partial charge < -0.3 is 15.4 Å². The molecule has 0 spiro atoms. The Hall–Kier alpha value is -2.70. The molecule has 30 heavy (non-hydrogen) atoms. The van der Waals surface area contributed by atoms with Gasteiger partial charge in [0.05, 0.1) is 0 Å². The van der Waals surface area contributed by atoms with Crippen molar-refractivity contribution < 1.29 is 13.9 Å². The number of aryl methyl sites for hydroxylation is 1. The second-order valence-electron chi connectivity index (χ2n) is 6.97. The monoisotopic (exact) mass is 470 g/mol. The summed E-state index contributed by atoms with van der Waals surface area (Å²) >= 11 is 3.47. The van der Waals surface area contributed by atoms with E-state index in [0.717, 1.165) is 21.3 Å². The molecule has 0 saturated heterocycles. The number of amides is 1. The van der Waals surface area contributed by atoms with Crippen molar-refractivity contribution in [2.24, 2.45) is 0 Å². The standard InChI is InChI=1S/C24H24BrFN2O2/c1-17-6-9-21(10-7-17)28-24(29)16-30-23-11-8-20(25)14-19(23)15-27-13-12-18-4-2-3-5-22(18)26/h2-11,14,27H,12-13,15-16H2,1H3,(H,28,29). The fourth-order valence-corrected chi connectivity index (χ4v) is 3.36. The zero-order valence-corrected chi connectivity index (χ0v) is 18.3. The third kappa shape index (κ3) is 6.68. The van der Waals surface area contributed by atoms with E-state index >= 15 is 0 Å². The number of hydrogen-bond acceptors (Lipinski definition) is 3. The van der Waals surface area contributed by atoms with E-state index < -0.39 is 0 Å². The Morgan fingerprint density at radius 2 is 1.80 bits per heavy atom. The Morgan fingerprint density at radius 3 is 2.57 bits per heavy atom. The molecule has 1 amide bonds. The first-order valence-electron chi connectivity index (χ1n) is 9.73. The van der Waals surface area contributed by atoms with Crippen molar-refractivity contribution in [1.82, 2.24) is 5.32 Å². The van der Waals surface area contributed by atoms with Crippen molar-refractivity contribution in [3.63, 3.8) is 0 Å². The maximum atomic E-state index is 13.7. The van der Waals surface area contributed by atoms with Gasteiger partial charge in [-0.15, -0.1) is 0 Å². The fraction of sp³-hybridized carbons (Fsp3) is 0.208. The predicted octanol–water partition coefficient (Wildman–Crippen LogP) is 5.25. The number of hydrogen-bond donors (Lipinski definition) is 2. The van der Waals surface area contributed by atoms with Crippen molar-refractivity contribution in [3.05, 3.63) is 93.7 Å². The number of carbonyl (C=O) groups excluding carboxylic acids is 1. The zero-order chi connectivity index (χ0) is 21.3. The van der Waals surface area contributed by atoms with Gasteiger partial charge in [-0.05, 0) is 61.9 Å². The molecular formula is C24H24BrFN2O2. The minimum Gasteiger partial charge on any atom is -0.483 e. The normalized spacial score (nSPS) is 10.6. The molecule has 6 heteroatoms. The summed E-state index contributed by atoms with van der Waals surface area (Å²) in [4.78, 5) is 12.2. The molecule has 156 valence electrons. The minimum absolute atomic E-state index is 0.0856. The molecule has 3 rings (SSSR count). The molecule has 0 aliphatic heterocycles. The van der Waals surface area contributed by atoms with Crippen LogP contribution in [0.3, 0.4) is 0 Å². The Balaban J connectivity index is 1.52. The van der Waals surface area contributed by atoms with E-state index in [-0.39, 0.29) is 18.3 Å². The van der Waals surface area contributed by atoms with E-state index in [1.807, 2.05) is 55.5 Å². The van der Waals surface area contributed by atoms with Crippen LogP contribution < -0.4 is 15.4 Å². The van der Waals surface area contributed by atoms with Crippen molar-refractivity contribution in [2.75, 3.05) is 18.5 Å². The van der Waals surface area contributed by atoms with E-state index in [0.29, 0.717) is 30.8 Å². The summed E-state index contributed by atoms with van der Waals surface area (Å²) in [6.45, 7) is 3.08. The van der Waals surface area contributed by atoms with Crippen LogP contribution in [-0.2, 0) is 17.8 Å². The highest BCUT2D eigenvalue weighted by molar-refractivity contribution is 9.10. The Morgan fingerprint density at radius 1 is 1.03 bits per heavy atom. The Bertz CT molecular complexity index is 993. The lowest BCUT2D eigenvalue weighted by Crippen LogP contribution is -2.21. The summed E-state index contributed by atoms with van der Waals surface area (Å²) in [7, 11) is 0. The first-order chi connectivity index (χ1) is 14.5. The summed E-state index contributed by atoms with van der Waals surface area (Å²) in [5.74, 6) is 0.223. The molecule has 0 aromatic heterocycles. The molecule has 0 aliphatic carbocycles. The average molecular weight is 471 g/mol. The highest BCUT2D eigenvalue weighted by atomic mass is 79.9. The minimum atomic E-state index is -0.222. The van der Waals surface area contributed by atoms with Crippen LogP contribution in [0.4, 0.5) is 10.1 Å². The number of ether oxygens (including phenoxy) is 1. The first kappa shape index (κ1) is 22.0. The van der Waals surface area contributed by atoms with Gasteiger partial charge in [0.2, 0.25) is 0 Å².